The van der Waals surface area contributed by atoms with E-state index in [1.165, 1.54) is 33.4 Å². The first-order chi connectivity index (χ1) is 27.1. The van der Waals surface area contributed by atoms with Crippen LogP contribution in [0, 0.1) is 5.92 Å². The molecule has 0 radical (unpaired) electrons. The van der Waals surface area contributed by atoms with Gasteiger partial charge in [0.15, 0.2) is 23.0 Å². The molecule has 0 bridgehead atoms. The minimum Gasteiger partial charge on any atom is -0.483 e. The number of hydrogen-bond donors (Lipinski definition) is 0. The fourth-order valence-corrected chi connectivity index (χ4v) is 9.69. The van der Waals surface area contributed by atoms with Gasteiger partial charge < -0.3 is 19.1 Å². The molecule has 4 unspecified atom stereocenters. The Morgan fingerprint density at radius 2 is 1.40 bits per heavy atom. The lowest BCUT2D eigenvalue weighted by Crippen LogP contribution is -2.36. The maximum absolute atomic E-state index is 6.94. The van der Waals surface area contributed by atoms with E-state index in [1.807, 2.05) is 30.3 Å². The predicted octanol–water partition coefficient (Wildman–Crippen LogP) is 12.9. The zero-order chi connectivity index (χ0) is 36.6. The van der Waals surface area contributed by atoms with Gasteiger partial charge in [-0.25, -0.2) is 0 Å². The molecule has 0 aromatic heterocycles. The molecule has 55 heavy (non-hydrogen) atoms. The molecule has 5 aromatic carbocycles. The van der Waals surface area contributed by atoms with Gasteiger partial charge in [0, 0.05) is 17.3 Å². The Bertz CT molecular complexity index is 2620. The number of nitrogens with zero attached hydrogens (tertiary/aromatic N) is 1. The molecule has 5 aromatic rings. The van der Waals surface area contributed by atoms with Crippen molar-refractivity contribution in [1.29, 1.82) is 0 Å². The summed E-state index contributed by atoms with van der Waals surface area (Å²) in [6.07, 6.45) is 28.9. The summed E-state index contributed by atoms with van der Waals surface area (Å²) in [5.41, 5.74) is 9.98. The highest BCUT2D eigenvalue weighted by atomic mass is 16.6. The Labute approximate surface area is 322 Å². The molecule has 4 nitrogen and oxygen atoms in total. The van der Waals surface area contributed by atoms with E-state index in [-0.39, 0.29) is 17.4 Å². The first kappa shape index (κ1) is 32.0. The molecule has 0 spiro atoms. The molecular formula is C51H39NO3. The number of benzene rings is 5. The molecule has 2 heterocycles. The van der Waals surface area contributed by atoms with Crippen molar-refractivity contribution in [2.45, 2.75) is 36.7 Å². The molecule has 2 aliphatic heterocycles. The SMILES string of the molecule is CC12C=CC=CC1Oc1c(N(c3ccc4c(c3)Oc3ccccc3O4)c3ccc4c(c3)C(c3ccccc3)(C3C=CC=CC3)C3=C4C=CCC=C3)cccc12. The van der Waals surface area contributed by atoms with Crippen LogP contribution in [0.1, 0.15) is 42.0 Å². The summed E-state index contributed by atoms with van der Waals surface area (Å²) in [6.45, 7) is 2.27. The van der Waals surface area contributed by atoms with Crippen LogP contribution in [0.25, 0.3) is 5.57 Å². The lowest BCUT2D eigenvalue weighted by Gasteiger charge is -2.41. The fraction of sp³-hybridized carbons (Fsp3) is 0.137. The number of ether oxygens (including phenoxy) is 3. The maximum Gasteiger partial charge on any atom is 0.172 e. The molecule has 4 atom stereocenters. The first-order valence-electron chi connectivity index (χ1n) is 19.3. The largest absolute Gasteiger partial charge is 0.483 e. The van der Waals surface area contributed by atoms with Crippen LogP contribution < -0.4 is 19.1 Å². The summed E-state index contributed by atoms with van der Waals surface area (Å²) in [7, 11) is 0. The van der Waals surface area contributed by atoms with Crippen molar-refractivity contribution in [2.75, 3.05) is 4.90 Å². The Morgan fingerprint density at radius 1 is 0.636 bits per heavy atom. The number of hydrogen-bond acceptors (Lipinski definition) is 4. The highest BCUT2D eigenvalue weighted by Crippen LogP contribution is 2.60. The molecule has 0 N–H and O–H groups in total. The van der Waals surface area contributed by atoms with E-state index in [2.05, 4.69) is 164 Å². The van der Waals surface area contributed by atoms with Gasteiger partial charge in [-0.1, -0.05) is 127 Å². The minimum atomic E-state index is -0.413. The minimum absolute atomic E-state index is 0.0948. The monoisotopic (exact) mass is 713 g/mol. The third kappa shape index (κ3) is 4.70. The van der Waals surface area contributed by atoms with Gasteiger partial charge in [-0.3, -0.25) is 0 Å². The van der Waals surface area contributed by atoms with Crippen molar-refractivity contribution >= 4 is 22.6 Å². The zero-order valence-electron chi connectivity index (χ0n) is 30.6. The van der Waals surface area contributed by atoms with Gasteiger partial charge in [-0.2, -0.15) is 0 Å². The average molecular weight is 714 g/mol. The highest BCUT2D eigenvalue weighted by Gasteiger charge is 2.50. The number of anilines is 3. The van der Waals surface area contributed by atoms with Crippen LogP contribution in [-0.2, 0) is 10.8 Å². The Morgan fingerprint density at radius 3 is 2.25 bits per heavy atom. The second-order valence-corrected chi connectivity index (χ2v) is 15.3. The Kier molecular flexibility index (Phi) is 7.12. The first-order valence-corrected chi connectivity index (χ1v) is 19.3. The molecule has 11 rings (SSSR count). The fourth-order valence-electron chi connectivity index (χ4n) is 9.69. The smallest absolute Gasteiger partial charge is 0.172 e. The standard InChI is InChI=1S/C51H39NO3/c1-50-31-14-13-26-48(50)55-49-41(50)22-15-23-43(49)52(37-28-30-46-47(33-37)54-45-25-12-11-24-44(45)53-46)36-27-29-39-38-20-9-4-10-21-40(38)51(42(39)32-36,34-16-5-2-6-17-34)35-18-7-3-8-19-35/h2-3,5-18,20-33,35,48H,4,19H2,1H3. The van der Waals surface area contributed by atoms with Crippen LogP contribution in [-0.4, -0.2) is 6.10 Å². The summed E-state index contributed by atoms with van der Waals surface area (Å²) < 4.78 is 19.8. The average Bonchev–Trinajstić information content (AvgIpc) is 3.55. The number of rotatable bonds is 5. The van der Waals surface area contributed by atoms with Crippen LogP contribution in [0.15, 0.2) is 188 Å². The number of para-hydroxylation sites is 3. The van der Waals surface area contributed by atoms with Crippen molar-refractivity contribution in [1.82, 2.24) is 0 Å². The maximum atomic E-state index is 6.94. The van der Waals surface area contributed by atoms with Gasteiger partial charge in [-0.15, -0.1) is 0 Å². The molecule has 6 aliphatic rings. The van der Waals surface area contributed by atoms with E-state index in [1.54, 1.807) is 0 Å². The lowest BCUT2D eigenvalue weighted by molar-refractivity contribution is 0.228. The molecule has 4 aliphatic carbocycles. The van der Waals surface area contributed by atoms with Gasteiger partial charge >= 0.3 is 0 Å². The van der Waals surface area contributed by atoms with Gasteiger partial charge in [0.2, 0.25) is 0 Å². The Balaban J connectivity index is 1.15. The van der Waals surface area contributed by atoms with Crippen LogP contribution >= 0.6 is 0 Å². The van der Waals surface area contributed by atoms with E-state index < -0.39 is 5.41 Å². The van der Waals surface area contributed by atoms with Crippen LogP contribution in [0.2, 0.25) is 0 Å². The molecule has 4 heteroatoms. The van der Waals surface area contributed by atoms with Crippen molar-refractivity contribution in [2.24, 2.45) is 5.92 Å². The van der Waals surface area contributed by atoms with Crippen molar-refractivity contribution < 1.29 is 14.2 Å². The molecule has 0 saturated carbocycles. The summed E-state index contributed by atoms with van der Waals surface area (Å²) in [4.78, 5) is 2.35. The summed E-state index contributed by atoms with van der Waals surface area (Å²) in [6, 6.07) is 38.8. The van der Waals surface area contributed by atoms with Gasteiger partial charge in [0.25, 0.3) is 0 Å². The molecule has 0 fully saturated rings. The summed E-state index contributed by atoms with van der Waals surface area (Å²) in [5.74, 6) is 3.87. The second-order valence-electron chi connectivity index (χ2n) is 15.3. The highest BCUT2D eigenvalue weighted by molar-refractivity contribution is 5.93. The van der Waals surface area contributed by atoms with E-state index in [0.717, 1.165) is 35.7 Å². The number of allylic oxidation sites excluding steroid dienone is 12. The number of fused-ring (bicyclic) bond motifs is 7. The third-order valence-electron chi connectivity index (χ3n) is 12.3. The normalized spacial score (nSPS) is 24.4. The van der Waals surface area contributed by atoms with Crippen LogP contribution in [0.4, 0.5) is 17.1 Å². The van der Waals surface area contributed by atoms with Gasteiger partial charge in [-0.05, 0) is 102 Å². The summed E-state index contributed by atoms with van der Waals surface area (Å²) >= 11 is 0. The third-order valence-corrected chi connectivity index (χ3v) is 12.3. The Hall–Kier alpha value is -6.52. The topological polar surface area (TPSA) is 30.9 Å². The zero-order valence-corrected chi connectivity index (χ0v) is 30.6. The molecule has 0 saturated heterocycles. The van der Waals surface area contributed by atoms with Gasteiger partial charge in [0.05, 0.1) is 22.2 Å². The van der Waals surface area contributed by atoms with E-state index >= 15 is 0 Å². The van der Waals surface area contributed by atoms with Crippen molar-refractivity contribution in [3.05, 3.63) is 210 Å². The van der Waals surface area contributed by atoms with E-state index in [4.69, 9.17) is 14.2 Å². The molecule has 266 valence electrons. The quantitative estimate of drug-likeness (QED) is 0.178. The van der Waals surface area contributed by atoms with Gasteiger partial charge in [0.1, 0.15) is 11.9 Å². The summed E-state index contributed by atoms with van der Waals surface area (Å²) in [5, 5.41) is 0. The molecule has 0 amide bonds. The van der Waals surface area contributed by atoms with Crippen molar-refractivity contribution in [3.8, 4) is 28.7 Å². The lowest BCUT2D eigenvalue weighted by atomic mass is 9.61. The van der Waals surface area contributed by atoms with Crippen molar-refractivity contribution in [3.63, 3.8) is 0 Å². The molecular weight excluding hydrogens is 675 g/mol. The second kappa shape index (κ2) is 12.3. The van der Waals surface area contributed by atoms with E-state index in [9.17, 15) is 0 Å². The van der Waals surface area contributed by atoms with Crippen LogP contribution in [0.3, 0.4) is 0 Å². The van der Waals surface area contributed by atoms with Crippen LogP contribution in [0.5, 0.6) is 28.7 Å². The van der Waals surface area contributed by atoms with E-state index in [0.29, 0.717) is 23.0 Å². The predicted molar refractivity (Wildman–Crippen MR) is 221 cm³/mol.